The SMILES string of the molecule is CCc1ccccc1NC(=O)CN1CCN(c2nccn3c(C4CC4)nnc23)CC1. The van der Waals surface area contributed by atoms with E-state index in [1.165, 1.54) is 12.8 Å². The summed E-state index contributed by atoms with van der Waals surface area (Å²) in [6, 6.07) is 7.99. The van der Waals surface area contributed by atoms with Crippen molar-refractivity contribution in [2.75, 3.05) is 42.9 Å². The molecule has 2 aromatic heterocycles. The van der Waals surface area contributed by atoms with E-state index in [0.717, 1.165) is 61.1 Å². The van der Waals surface area contributed by atoms with Gasteiger partial charge in [-0.3, -0.25) is 14.1 Å². The number of hydrogen-bond donors (Lipinski definition) is 1. The molecule has 0 radical (unpaired) electrons. The first-order valence-corrected chi connectivity index (χ1v) is 10.8. The van der Waals surface area contributed by atoms with Gasteiger partial charge < -0.3 is 10.2 Å². The monoisotopic (exact) mass is 405 g/mol. The lowest BCUT2D eigenvalue weighted by Crippen LogP contribution is -2.49. The van der Waals surface area contributed by atoms with E-state index in [4.69, 9.17) is 0 Å². The van der Waals surface area contributed by atoms with Crippen LogP contribution >= 0.6 is 0 Å². The number of benzene rings is 1. The van der Waals surface area contributed by atoms with Crippen LogP contribution < -0.4 is 10.2 Å². The summed E-state index contributed by atoms with van der Waals surface area (Å²) in [4.78, 5) is 21.6. The summed E-state index contributed by atoms with van der Waals surface area (Å²) >= 11 is 0. The van der Waals surface area contributed by atoms with Gasteiger partial charge in [0.1, 0.15) is 5.82 Å². The summed E-state index contributed by atoms with van der Waals surface area (Å²) < 4.78 is 2.09. The van der Waals surface area contributed by atoms with E-state index < -0.39 is 0 Å². The van der Waals surface area contributed by atoms with Crippen LogP contribution in [-0.2, 0) is 11.2 Å². The zero-order chi connectivity index (χ0) is 20.5. The molecule has 0 unspecified atom stereocenters. The van der Waals surface area contributed by atoms with Gasteiger partial charge in [0, 0.05) is 50.2 Å². The summed E-state index contributed by atoms with van der Waals surface area (Å²) in [5.41, 5.74) is 2.91. The minimum Gasteiger partial charge on any atom is -0.351 e. The summed E-state index contributed by atoms with van der Waals surface area (Å²) in [7, 11) is 0. The van der Waals surface area contributed by atoms with Crippen molar-refractivity contribution in [3.05, 3.63) is 48.0 Å². The molecule has 5 rings (SSSR count). The molecule has 0 atom stereocenters. The van der Waals surface area contributed by atoms with Crippen LogP contribution in [0.2, 0.25) is 0 Å². The van der Waals surface area contributed by atoms with Crippen molar-refractivity contribution in [2.24, 2.45) is 0 Å². The standard InChI is InChI=1S/C22H27N7O/c1-2-16-5-3-4-6-18(16)24-19(30)15-27-11-13-28(14-12-27)21-22-26-25-20(17-7-8-17)29(22)10-9-23-21/h3-6,9-10,17H,2,7-8,11-15H2,1H3,(H,24,30). The molecule has 30 heavy (non-hydrogen) atoms. The number of carbonyl (C=O) groups is 1. The lowest BCUT2D eigenvalue weighted by molar-refractivity contribution is -0.117. The smallest absolute Gasteiger partial charge is 0.238 e. The average Bonchev–Trinajstić information content (AvgIpc) is 3.52. The second-order valence-electron chi connectivity index (χ2n) is 8.10. The Kier molecular flexibility index (Phi) is 5.08. The minimum atomic E-state index is 0.0381. The highest BCUT2D eigenvalue weighted by Gasteiger charge is 2.30. The number of aryl methyl sites for hydroxylation is 1. The molecule has 156 valence electrons. The fourth-order valence-corrected chi connectivity index (χ4v) is 4.14. The molecule has 2 aliphatic rings. The topological polar surface area (TPSA) is 78.7 Å². The summed E-state index contributed by atoms with van der Waals surface area (Å²) in [6.45, 7) is 5.76. The molecule has 8 nitrogen and oxygen atoms in total. The molecule has 3 heterocycles. The predicted octanol–water partition coefficient (Wildman–Crippen LogP) is 2.32. The Morgan fingerprint density at radius 1 is 1.13 bits per heavy atom. The number of carbonyl (C=O) groups excluding carboxylic acids is 1. The third-order valence-electron chi connectivity index (χ3n) is 5.99. The highest BCUT2D eigenvalue weighted by molar-refractivity contribution is 5.93. The Labute approximate surface area is 175 Å². The average molecular weight is 406 g/mol. The first-order valence-electron chi connectivity index (χ1n) is 10.8. The zero-order valence-corrected chi connectivity index (χ0v) is 17.3. The van der Waals surface area contributed by atoms with Gasteiger partial charge in [-0.15, -0.1) is 10.2 Å². The first kappa shape index (κ1) is 19.0. The van der Waals surface area contributed by atoms with Gasteiger partial charge in [-0.05, 0) is 30.9 Å². The number of anilines is 2. The number of nitrogens with zero attached hydrogens (tertiary/aromatic N) is 6. The van der Waals surface area contributed by atoms with Crippen LogP contribution in [0.1, 0.15) is 37.1 Å². The van der Waals surface area contributed by atoms with Gasteiger partial charge >= 0.3 is 0 Å². The lowest BCUT2D eigenvalue weighted by atomic mass is 10.1. The molecule has 1 saturated carbocycles. The molecule has 1 N–H and O–H groups in total. The van der Waals surface area contributed by atoms with E-state index in [0.29, 0.717) is 12.5 Å². The fraction of sp³-hybridized carbons (Fsp3) is 0.455. The van der Waals surface area contributed by atoms with Gasteiger partial charge in [0.05, 0.1) is 6.54 Å². The van der Waals surface area contributed by atoms with Gasteiger partial charge in [0.25, 0.3) is 0 Å². The van der Waals surface area contributed by atoms with E-state index in [9.17, 15) is 4.79 Å². The van der Waals surface area contributed by atoms with Crippen LogP contribution in [0, 0.1) is 0 Å². The molecule has 8 heteroatoms. The van der Waals surface area contributed by atoms with E-state index in [-0.39, 0.29) is 5.91 Å². The molecule has 1 saturated heterocycles. The highest BCUT2D eigenvalue weighted by Crippen LogP contribution is 2.39. The number of nitrogens with one attached hydrogen (secondary N) is 1. The van der Waals surface area contributed by atoms with Gasteiger partial charge in [-0.2, -0.15) is 0 Å². The molecule has 1 aliphatic heterocycles. The van der Waals surface area contributed by atoms with Crippen LogP contribution in [0.4, 0.5) is 11.5 Å². The molecular weight excluding hydrogens is 378 g/mol. The molecule has 1 amide bonds. The number of hydrogen-bond acceptors (Lipinski definition) is 6. The Morgan fingerprint density at radius 2 is 1.93 bits per heavy atom. The molecule has 0 spiro atoms. The van der Waals surface area contributed by atoms with Crippen LogP contribution in [0.3, 0.4) is 0 Å². The van der Waals surface area contributed by atoms with E-state index in [2.05, 4.69) is 47.7 Å². The molecular formula is C22H27N7O. The quantitative estimate of drug-likeness (QED) is 0.678. The van der Waals surface area contributed by atoms with E-state index in [1.807, 2.05) is 30.6 Å². The van der Waals surface area contributed by atoms with E-state index in [1.54, 1.807) is 0 Å². The first-order chi connectivity index (χ1) is 14.7. The van der Waals surface area contributed by atoms with Crippen LogP contribution in [0.25, 0.3) is 5.65 Å². The number of amides is 1. The summed E-state index contributed by atoms with van der Waals surface area (Å²) in [5, 5.41) is 11.9. The summed E-state index contributed by atoms with van der Waals surface area (Å²) in [6.07, 6.45) is 7.09. The number of fused-ring (bicyclic) bond motifs is 1. The Hall–Kier alpha value is -3.00. The molecule has 0 bridgehead atoms. The number of rotatable bonds is 6. The van der Waals surface area contributed by atoms with Crippen molar-refractivity contribution < 1.29 is 4.79 Å². The van der Waals surface area contributed by atoms with Crippen molar-refractivity contribution in [1.29, 1.82) is 0 Å². The zero-order valence-electron chi connectivity index (χ0n) is 17.3. The molecule has 2 fully saturated rings. The van der Waals surface area contributed by atoms with Crippen LogP contribution in [-0.4, -0.2) is 63.1 Å². The van der Waals surface area contributed by atoms with Crippen molar-refractivity contribution in [2.45, 2.75) is 32.1 Å². The second kappa shape index (κ2) is 8.02. The Balaban J connectivity index is 1.21. The van der Waals surface area contributed by atoms with Crippen molar-refractivity contribution in [1.82, 2.24) is 24.5 Å². The fourth-order valence-electron chi connectivity index (χ4n) is 4.14. The Morgan fingerprint density at radius 3 is 2.70 bits per heavy atom. The number of piperazine rings is 1. The maximum atomic E-state index is 12.5. The van der Waals surface area contributed by atoms with Gasteiger partial charge in [-0.1, -0.05) is 25.1 Å². The van der Waals surface area contributed by atoms with Gasteiger partial charge in [-0.25, -0.2) is 4.98 Å². The van der Waals surface area contributed by atoms with Crippen LogP contribution in [0.15, 0.2) is 36.7 Å². The number of aromatic nitrogens is 4. The molecule has 3 aromatic rings. The maximum Gasteiger partial charge on any atom is 0.238 e. The second-order valence-corrected chi connectivity index (χ2v) is 8.10. The largest absolute Gasteiger partial charge is 0.351 e. The van der Waals surface area contributed by atoms with Crippen molar-refractivity contribution >= 4 is 23.1 Å². The summed E-state index contributed by atoms with van der Waals surface area (Å²) in [5.74, 6) is 2.52. The van der Waals surface area contributed by atoms with Gasteiger partial charge in [0.2, 0.25) is 11.6 Å². The van der Waals surface area contributed by atoms with E-state index >= 15 is 0 Å². The third kappa shape index (κ3) is 3.75. The third-order valence-corrected chi connectivity index (χ3v) is 5.99. The van der Waals surface area contributed by atoms with Crippen molar-refractivity contribution in [3.8, 4) is 0 Å². The lowest BCUT2D eigenvalue weighted by Gasteiger charge is -2.34. The minimum absolute atomic E-state index is 0.0381. The highest BCUT2D eigenvalue weighted by atomic mass is 16.2. The number of para-hydroxylation sites is 1. The van der Waals surface area contributed by atoms with Crippen molar-refractivity contribution in [3.63, 3.8) is 0 Å². The normalized spacial score (nSPS) is 17.4. The Bertz CT molecular complexity index is 1050. The predicted molar refractivity (Wildman–Crippen MR) is 116 cm³/mol. The molecule has 1 aromatic carbocycles. The molecule has 1 aliphatic carbocycles. The van der Waals surface area contributed by atoms with Crippen LogP contribution in [0.5, 0.6) is 0 Å². The maximum absolute atomic E-state index is 12.5. The van der Waals surface area contributed by atoms with Gasteiger partial charge in [0.15, 0.2) is 5.82 Å².